The van der Waals surface area contributed by atoms with Gasteiger partial charge in [-0.1, -0.05) is 0 Å². The SMILES string of the molecule is CS(=O)(=O)CCC(=O)c1ccco1. The normalized spacial score (nSPS) is 11.5. The van der Waals surface area contributed by atoms with Crippen molar-refractivity contribution in [1.82, 2.24) is 0 Å². The van der Waals surface area contributed by atoms with E-state index in [1.807, 2.05) is 0 Å². The van der Waals surface area contributed by atoms with E-state index in [0.717, 1.165) is 6.26 Å². The van der Waals surface area contributed by atoms with Crippen LogP contribution in [0.15, 0.2) is 22.8 Å². The molecule has 0 saturated carbocycles. The molecular weight excluding hydrogens is 192 g/mol. The Labute approximate surface area is 76.5 Å². The van der Waals surface area contributed by atoms with Gasteiger partial charge in [0.25, 0.3) is 0 Å². The second-order valence-corrected chi connectivity index (χ2v) is 5.04. The van der Waals surface area contributed by atoms with Gasteiger partial charge in [0.2, 0.25) is 0 Å². The van der Waals surface area contributed by atoms with Crippen molar-refractivity contribution in [2.45, 2.75) is 6.42 Å². The summed E-state index contributed by atoms with van der Waals surface area (Å²) < 4.78 is 26.3. The molecule has 72 valence electrons. The standard InChI is InChI=1S/C8H10O4S/c1-13(10,11)6-4-7(9)8-3-2-5-12-8/h2-3,5H,4,6H2,1H3. The first kappa shape index (κ1) is 9.98. The van der Waals surface area contributed by atoms with Gasteiger partial charge in [0.05, 0.1) is 12.0 Å². The fourth-order valence-electron chi connectivity index (χ4n) is 0.839. The van der Waals surface area contributed by atoms with Crippen LogP contribution in [0.2, 0.25) is 0 Å². The summed E-state index contributed by atoms with van der Waals surface area (Å²) in [4.78, 5) is 11.2. The lowest BCUT2D eigenvalue weighted by Gasteiger charge is -1.95. The van der Waals surface area contributed by atoms with Crippen molar-refractivity contribution in [2.24, 2.45) is 0 Å². The Bertz CT molecular complexity index is 374. The molecule has 0 radical (unpaired) electrons. The highest BCUT2D eigenvalue weighted by Crippen LogP contribution is 2.04. The van der Waals surface area contributed by atoms with Gasteiger partial charge >= 0.3 is 0 Å². The van der Waals surface area contributed by atoms with Crippen molar-refractivity contribution in [3.05, 3.63) is 24.2 Å². The number of furan rings is 1. The highest BCUT2D eigenvalue weighted by molar-refractivity contribution is 7.90. The molecule has 0 aliphatic heterocycles. The maximum Gasteiger partial charge on any atom is 0.198 e. The molecule has 0 saturated heterocycles. The minimum absolute atomic E-state index is 0.0215. The number of ketones is 1. The van der Waals surface area contributed by atoms with Crippen LogP contribution in [0.5, 0.6) is 0 Å². The molecule has 0 fully saturated rings. The van der Waals surface area contributed by atoms with E-state index in [4.69, 9.17) is 4.42 Å². The Morgan fingerprint density at radius 1 is 1.54 bits per heavy atom. The van der Waals surface area contributed by atoms with Crippen molar-refractivity contribution in [3.63, 3.8) is 0 Å². The largest absolute Gasteiger partial charge is 0.461 e. The van der Waals surface area contributed by atoms with E-state index in [0.29, 0.717) is 0 Å². The summed E-state index contributed by atoms with van der Waals surface area (Å²) in [7, 11) is -3.07. The monoisotopic (exact) mass is 202 g/mol. The third-order valence-corrected chi connectivity index (χ3v) is 2.44. The van der Waals surface area contributed by atoms with E-state index in [1.54, 1.807) is 6.07 Å². The van der Waals surface area contributed by atoms with Gasteiger partial charge in [-0.2, -0.15) is 0 Å². The van der Waals surface area contributed by atoms with E-state index in [-0.39, 0.29) is 23.7 Å². The summed E-state index contributed by atoms with van der Waals surface area (Å²) in [5.41, 5.74) is 0. The van der Waals surface area contributed by atoms with Gasteiger partial charge in [0.15, 0.2) is 11.5 Å². The van der Waals surface area contributed by atoms with E-state index >= 15 is 0 Å². The van der Waals surface area contributed by atoms with E-state index in [2.05, 4.69) is 0 Å². The van der Waals surface area contributed by atoms with Crippen LogP contribution in [-0.2, 0) is 9.84 Å². The smallest absolute Gasteiger partial charge is 0.198 e. The highest BCUT2D eigenvalue weighted by atomic mass is 32.2. The minimum atomic E-state index is -3.07. The Morgan fingerprint density at radius 2 is 2.23 bits per heavy atom. The second kappa shape index (κ2) is 3.74. The van der Waals surface area contributed by atoms with Gasteiger partial charge in [0.1, 0.15) is 9.84 Å². The Morgan fingerprint density at radius 3 is 2.69 bits per heavy atom. The van der Waals surface area contributed by atoms with Crippen molar-refractivity contribution < 1.29 is 17.6 Å². The molecule has 4 nitrogen and oxygen atoms in total. The van der Waals surface area contributed by atoms with E-state index < -0.39 is 9.84 Å². The fraction of sp³-hybridized carbons (Fsp3) is 0.375. The first-order valence-electron chi connectivity index (χ1n) is 3.73. The number of hydrogen-bond donors (Lipinski definition) is 0. The second-order valence-electron chi connectivity index (χ2n) is 2.78. The minimum Gasteiger partial charge on any atom is -0.461 e. The molecule has 0 aromatic carbocycles. The quantitative estimate of drug-likeness (QED) is 0.680. The van der Waals surface area contributed by atoms with Crippen LogP contribution < -0.4 is 0 Å². The molecule has 1 rings (SSSR count). The predicted molar refractivity (Wildman–Crippen MR) is 47.4 cm³/mol. The molecular formula is C8H10O4S. The summed E-state index contributed by atoms with van der Waals surface area (Å²) in [5.74, 6) is -0.203. The molecule has 13 heavy (non-hydrogen) atoms. The molecule has 0 N–H and O–H groups in total. The maximum absolute atomic E-state index is 11.2. The fourth-order valence-corrected chi connectivity index (χ4v) is 1.39. The summed E-state index contributed by atoms with van der Waals surface area (Å²) in [6.45, 7) is 0. The highest BCUT2D eigenvalue weighted by Gasteiger charge is 2.11. The zero-order chi connectivity index (χ0) is 9.90. The number of carbonyl (C=O) groups is 1. The lowest BCUT2D eigenvalue weighted by atomic mass is 10.2. The first-order valence-corrected chi connectivity index (χ1v) is 5.79. The van der Waals surface area contributed by atoms with Gasteiger partial charge in [-0.3, -0.25) is 4.79 Å². The van der Waals surface area contributed by atoms with Crippen LogP contribution in [0.3, 0.4) is 0 Å². The third kappa shape index (κ3) is 3.42. The molecule has 1 heterocycles. The van der Waals surface area contributed by atoms with Crippen LogP contribution >= 0.6 is 0 Å². The maximum atomic E-state index is 11.2. The average molecular weight is 202 g/mol. The third-order valence-electron chi connectivity index (χ3n) is 1.50. The Hall–Kier alpha value is -1.10. The van der Waals surface area contributed by atoms with Crippen molar-refractivity contribution >= 4 is 15.6 Å². The topological polar surface area (TPSA) is 64.3 Å². The van der Waals surface area contributed by atoms with Gasteiger partial charge < -0.3 is 4.42 Å². The zero-order valence-electron chi connectivity index (χ0n) is 7.19. The molecule has 1 aromatic rings. The van der Waals surface area contributed by atoms with Gasteiger partial charge in [0, 0.05) is 12.7 Å². The lowest BCUT2D eigenvalue weighted by molar-refractivity contribution is 0.0962. The number of hydrogen-bond acceptors (Lipinski definition) is 4. The molecule has 0 spiro atoms. The molecule has 0 amide bonds. The Kier molecular flexibility index (Phi) is 2.87. The number of carbonyl (C=O) groups excluding carboxylic acids is 1. The summed E-state index contributed by atoms with van der Waals surface area (Å²) in [6, 6.07) is 3.11. The van der Waals surface area contributed by atoms with Crippen molar-refractivity contribution in [2.75, 3.05) is 12.0 Å². The number of sulfone groups is 1. The summed E-state index contributed by atoms with van der Waals surface area (Å²) >= 11 is 0. The van der Waals surface area contributed by atoms with Gasteiger partial charge in [-0.05, 0) is 12.1 Å². The van der Waals surface area contributed by atoms with E-state index in [1.165, 1.54) is 12.3 Å². The average Bonchev–Trinajstić information content (AvgIpc) is 2.50. The zero-order valence-corrected chi connectivity index (χ0v) is 8.00. The summed E-state index contributed by atoms with van der Waals surface area (Å²) in [6.07, 6.45) is 2.46. The van der Waals surface area contributed by atoms with Gasteiger partial charge in [-0.25, -0.2) is 8.42 Å². The first-order chi connectivity index (χ1) is 5.99. The van der Waals surface area contributed by atoms with Crippen LogP contribution in [0.1, 0.15) is 17.0 Å². The van der Waals surface area contributed by atoms with Gasteiger partial charge in [-0.15, -0.1) is 0 Å². The molecule has 0 aliphatic rings. The van der Waals surface area contributed by atoms with Crippen LogP contribution in [0.25, 0.3) is 0 Å². The molecule has 1 aromatic heterocycles. The van der Waals surface area contributed by atoms with E-state index in [9.17, 15) is 13.2 Å². The predicted octanol–water partition coefficient (Wildman–Crippen LogP) is 0.897. The number of Topliss-reactive ketones (excluding diaryl/α,β-unsaturated/α-hetero) is 1. The lowest BCUT2D eigenvalue weighted by Crippen LogP contribution is -2.08. The van der Waals surface area contributed by atoms with Crippen LogP contribution in [0.4, 0.5) is 0 Å². The van der Waals surface area contributed by atoms with Crippen LogP contribution in [-0.4, -0.2) is 26.2 Å². The molecule has 0 aliphatic carbocycles. The number of rotatable bonds is 4. The molecule has 0 unspecified atom stereocenters. The summed E-state index contributed by atoms with van der Waals surface area (Å²) in [5, 5.41) is 0. The van der Waals surface area contributed by atoms with Crippen molar-refractivity contribution in [1.29, 1.82) is 0 Å². The molecule has 5 heteroatoms. The Balaban J connectivity index is 2.53. The van der Waals surface area contributed by atoms with Crippen LogP contribution in [0, 0.1) is 0 Å². The molecule has 0 atom stereocenters. The molecule has 0 bridgehead atoms. The van der Waals surface area contributed by atoms with Crippen molar-refractivity contribution in [3.8, 4) is 0 Å².